The molecule has 1 N–H and O–H groups in total. The summed E-state index contributed by atoms with van der Waals surface area (Å²) in [5, 5.41) is 7.57. The molecule has 0 fully saturated rings. The van der Waals surface area contributed by atoms with Crippen molar-refractivity contribution in [2.75, 3.05) is 6.61 Å². The molecular formula is C26H52O4. The average Bonchev–Trinajstić information content (AvgIpc) is 2.72. The minimum atomic E-state index is -0.334. The van der Waals surface area contributed by atoms with Crippen LogP contribution in [-0.4, -0.2) is 23.7 Å². The maximum atomic E-state index is 11.7. The third-order valence-electron chi connectivity index (χ3n) is 5.20. The zero-order chi connectivity index (χ0) is 22.7. The van der Waals surface area contributed by atoms with Crippen LogP contribution in [0.4, 0.5) is 0 Å². The predicted molar refractivity (Wildman–Crippen MR) is 128 cm³/mol. The van der Waals surface area contributed by atoms with E-state index in [0.29, 0.717) is 12.8 Å². The largest absolute Gasteiger partial charge is 0.397 e. The lowest BCUT2D eigenvalue weighted by molar-refractivity contribution is -0.159. The van der Waals surface area contributed by atoms with Gasteiger partial charge in [-0.05, 0) is 19.8 Å². The maximum Gasteiger partial charge on any atom is 0.313 e. The Bertz CT molecular complexity index is 323. The topological polar surface area (TPSA) is 63.6 Å². The number of unbranched alkanes of at least 4 members (excludes halogenated alkanes) is 16. The Morgan fingerprint density at radius 3 is 1.00 bits per heavy atom. The van der Waals surface area contributed by atoms with E-state index in [1.807, 2.05) is 0 Å². The zero-order valence-corrected chi connectivity index (χ0v) is 20.5. The summed E-state index contributed by atoms with van der Waals surface area (Å²) in [6.45, 7) is 6.40. The molecule has 4 heteroatoms. The van der Waals surface area contributed by atoms with Crippen LogP contribution in [0.5, 0.6) is 0 Å². The third kappa shape index (κ3) is 29.3. The summed E-state index contributed by atoms with van der Waals surface area (Å²) in [7, 11) is 0. The first-order valence-corrected chi connectivity index (χ1v) is 13.0. The van der Waals surface area contributed by atoms with E-state index in [9.17, 15) is 9.59 Å². The van der Waals surface area contributed by atoms with Gasteiger partial charge in [0.25, 0.3) is 0 Å². The monoisotopic (exact) mass is 428 g/mol. The fraction of sp³-hybridized carbons (Fsp3) is 0.923. The second kappa shape index (κ2) is 28.1. The van der Waals surface area contributed by atoms with Crippen LogP contribution in [0.25, 0.3) is 0 Å². The van der Waals surface area contributed by atoms with Crippen LogP contribution in [-0.2, 0) is 14.3 Å². The van der Waals surface area contributed by atoms with Crippen LogP contribution in [0.1, 0.15) is 149 Å². The van der Waals surface area contributed by atoms with Crippen molar-refractivity contribution in [1.29, 1.82) is 0 Å². The Kier molecular flexibility index (Phi) is 29.3. The van der Waals surface area contributed by atoms with E-state index in [1.165, 1.54) is 89.9 Å². The molecule has 0 aromatic carbocycles. The van der Waals surface area contributed by atoms with E-state index >= 15 is 0 Å². The molecule has 0 amide bonds. The highest BCUT2D eigenvalue weighted by Crippen LogP contribution is 2.12. The number of hydrogen-bond donors (Lipinski definition) is 1. The van der Waals surface area contributed by atoms with Crippen LogP contribution in [0.2, 0.25) is 0 Å². The minimum absolute atomic E-state index is 0.250. The molecule has 0 aliphatic heterocycles. The van der Waals surface area contributed by atoms with E-state index in [2.05, 4.69) is 13.8 Å². The molecule has 4 nitrogen and oxygen atoms in total. The van der Waals surface area contributed by atoms with Crippen LogP contribution in [0, 0.1) is 0 Å². The van der Waals surface area contributed by atoms with E-state index in [-0.39, 0.29) is 18.5 Å². The van der Waals surface area contributed by atoms with Crippen molar-refractivity contribution in [2.45, 2.75) is 149 Å². The van der Waals surface area contributed by atoms with Crippen molar-refractivity contribution >= 4 is 11.9 Å². The van der Waals surface area contributed by atoms with Crippen LogP contribution < -0.4 is 0 Å². The van der Waals surface area contributed by atoms with Crippen molar-refractivity contribution in [3.05, 3.63) is 0 Å². The molecule has 180 valence electrons. The highest BCUT2D eigenvalue weighted by Gasteiger charge is 2.09. The van der Waals surface area contributed by atoms with Gasteiger partial charge in [-0.2, -0.15) is 0 Å². The zero-order valence-electron chi connectivity index (χ0n) is 20.5. The minimum Gasteiger partial charge on any atom is -0.397 e. The quantitative estimate of drug-likeness (QED) is 0.122. The summed E-state index contributed by atoms with van der Waals surface area (Å²) in [6.07, 6.45) is 22.8. The lowest BCUT2D eigenvalue weighted by Crippen LogP contribution is -2.11. The number of carbonyl (C=O) groups excluding carboxylic acids is 2. The van der Waals surface area contributed by atoms with E-state index in [0.717, 1.165) is 25.7 Å². The maximum absolute atomic E-state index is 11.7. The summed E-state index contributed by atoms with van der Waals surface area (Å²) in [4.78, 5) is 23.4. The van der Waals surface area contributed by atoms with Gasteiger partial charge in [-0.25, -0.2) is 0 Å². The van der Waals surface area contributed by atoms with Crippen molar-refractivity contribution in [1.82, 2.24) is 0 Å². The summed E-state index contributed by atoms with van der Waals surface area (Å²) in [5.41, 5.74) is 0. The van der Waals surface area contributed by atoms with Gasteiger partial charge in [0.2, 0.25) is 0 Å². The number of aliphatic hydroxyl groups excluding tert-OH is 1. The highest BCUT2D eigenvalue weighted by atomic mass is 16.6. The lowest BCUT2D eigenvalue weighted by Gasteiger charge is -2.04. The molecule has 0 aliphatic rings. The molecule has 0 atom stereocenters. The van der Waals surface area contributed by atoms with Crippen LogP contribution >= 0.6 is 0 Å². The molecule has 0 spiro atoms. The van der Waals surface area contributed by atoms with Crippen LogP contribution in [0.15, 0.2) is 0 Å². The Labute approximate surface area is 187 Å². The number of rotatable bonds is 20. The molecule has 0 aromatic rings. The van der Waals surface area contributed by atoms with Gasteiger partial charge in [0.15, 0.2) is 0 Å². The van der Waals surface area contributed by atoms with Gasteiger partial charge in [0.1, 0.15) is 0 Å². The molecular weight excluding hydrogens is 376 g/mol. The van der Waals surface area contributed by atoms with Crippen molar-refractivity contribution in [3.8, 4) is 0 Å². The average molecular weight is 429 g/mol. The van der Waals surface area contributed by atoms with Gasteiger partial charge in [-0.1, -0.05) is 117 Å². The number of hydrogen-bond acceptors (Lipinski definition) is 4. The molecule has 0 saturated heterocycles. The van der Waals surface area contributed by atoms with Gasteiger partial charge in [-0.15, -0.1) is 0 Å². The second-order valence-electron chi connectivity index (χ2n) is 8.32. The fourth-order valence-corrected chi connectivity index (χ4v) is 3.39. The molecule has 0 bridgehead atoms. The van der Waals surface area contributed by atoms with Gasteiger partial charge in [-0.3, -0.25) is 9.59 Å². The number of ether oxygens (including phenoxy) is 1. The molecule has 30 heavy (non-hydrogen) atoms. The van der Waals surface area contributed by atoms with Gasteiger partial charge in [0, 0.05) is 19.4 Å². The standard InChI is InChI=1S/C24H46O3.C2H6O/c1-3-5-7-9-11-13-15-17-19-21-23(25)27-24(26)22-20-18-16-14-12-10-8-6-4-2;1-2-3/h3-22H2,1-2H3;3H,2H2,1H3. The van der Waals surface area contributed by atoms with Gasteiger partial charge < -0.3 is 9.84 Å². The van der Waals surface area contributed by atoms with E-state index in [1.54, 1.807) is 6.92 Å². The van der Waals surface area contributed by atoms with Gasteiger partial charge >= 0.3 is 11.9 Å². The predicted octanol–water partition coefficient (Wildman–Crippen LogP) is 7.90. The molecule has 0 radical (unpaired) electrons. The van der Waals surface area contributed by atoms with Crippen LogP contribution in [0.3, 0.4) is 0 Å². The van der Waals surface area contributed by atoms with Crippen molar-refractivity contribution < 1.29 is 19.4 Å². The summed E-state index contributed by atoms with van der Waals surface area (Å²) < 4.78 is 4.92. The number of esters is 2. The molecule has 0 saturated carbocycles. The highest BCUT2D eigenvalue weighted by molar-refractivity contribution is 5.85. The second-order valence-corrected chi connectivity index (χ2v) is 8.32. The summed E-state index contributed by atoms with van der Waals surface area (Å²) in [5.74, 6) is -0.669. The van der Waals surface area contributed by atoms with Crippen molar-refractivity contribution in [2.24, 2.45) is 0 Å². The first-order valence-electron chi connectivity index (χ1n) is 13.0. The first kappa shape index (κ1) is 31.3. The Morgan fingerprint density at radius 2 is 0.733 bits per heavy atom. The Balaban J connectivity index is 0. The first-order chi connectivity index (χ1) is 14.6. The van der Waals surface area contributed by atoms with Crippen molar-refractivity contribution in [3.63, 3.8) is 0 Å². The number of aliphatic hydroxyl groups is 1. The lowest BCUT2D eigenvalue weighted by atomic mass is 10.1. The summed E-state index contributed by atoms with van der Waals surface area (Å²) in [6, 6.07) is 0. The van der Waals surface area contributed by atoms with E-state index in [4.69, 9.17) is 9.84 Å². The Hall–Kier alpha value is -0.900. The summed E-state index contributed by atoms with van der Waals surface area (Å²) >= 11 is 0. The molecule has 0 rings (SSSR count). The molecule has 0 aliphatic carbocycles. The molecule has 0 aromatic heterocycles. The molecule has 0 heterocycles. The smallest absolute Gasteiger partial charge is 0.313 e. The number of carbonyl (C=O) groups is 2. The Morgan fingerprint density at radius 1 is 0.500 bits per heavy atom. The SMILES string of the molecule is CCCCCCCCCCCC(=O)OC(=O)CCCCCCCCCCC.CCO. The normalized spacial score (nSPS) is 10.4. The molecule has 0 unspecified atom stereocenters. The van der Waals surface area contributed by atoms with E-state index < -0.39 is 0 Å². The third-order valence-corrected chi connectivity index (χ3v) is 5.20. The fourth-order valence-electron chi connectivity index (χ4n) is 3.39. The van der Waals surface area contributed by atoms with Gasteiger partial charge in [0.05, 0.1) is 0 Å².